The summed E-state index contributed by atoms with van der Waals surface area (Å²) in [6.07, 6.45) is 1.85. The molecule has 1 saturated heterocycles. The van der Waals surface area contributed by atoms with Gasteiger partial charge in [-0.1, -0.05) is 12.1 Å². The van der Waals surface area contributed by atoms with Gasteiger partial charge >= 0.3 is 0 Å². The highest BCUT2D eigenvalue weighted by molar-refractivity contribution is 7.80. The van der Waals surface area contributed by atoms with E-state index < -0.39 is 0 Å². The molecule has 0 amide bonds. The lowest BCUT2D eigenvalue weighted by Crippen LogP contribution is -2.29. The Kier molecular flexibility index (Phi) is 4.71. The first-order valence-electron chi connectivity index (χ1n) is 9.59. The van der Waals surface area contributed by atoms with Crippen molar-refractivity contribution in [3.63, 3.8) is 0 Å². The number of anilines is 1. The minimum atomic E-state index is -0.00388. The summed E-state index contributed by atoms with van der Waals surface area (Å²) in [4.78, 5) is 6.89. The quantitative estimate of drug-likeness (QED) is 0.649. The van der Waals surface area contributed by atoms with E-state index in [4.69, 9.17) is 12.2 Å². The van der Waals surface area contributed by atoms with Gasteiger partial charge in [0, 0.05) is 30.3 Å². The van der Waals surface area contributed by atoms with Gasteiger partial charge in [0.2, 0.25) is 0 Å². The van der Waals surface area contributed by atoms with Gasteiger partial charge in [-0.25, -0.2) is 0 Å². The van der Waals surface area contributed by atoms with Gasteiger partial charge in [-0.2, -0.15) is 0 Å². The zero-order valence-corrected chi connectivity index (χ0v) is 17.8. The molecule has 4 rings (SSSR count). The Morgan fingerprint density at radius 3 is 2.39 bits per heavy atom. The average molecular weight is 391 g/mol. The van der Waals surface area contributed by atoms with E-state index in [0.29, 0.717) is 0 Å². The Balaban J connectivity index is 1.89. The first kappa shape index (κ1) is 18.7. The normalized spacial score (nSPS) is 19.2. The molecule has 1 aromatic carbocycles. The van der Waals surface area contributed by atoms with Crippen molar-refractivity contribution in [1.82, 2.24) is 14.9 Å². The van der Waals surface area contributed by atoms with Gasteiger partial charge in [0.1, 0.15) is 0 Å². The van der Waals surface area contributed by atoms with Gasteiger partial charge in [-0.05, 0) is 86.9 Å². The number of pyridine rings is 1. The topological polar surface area (TPSA) is 33.1 Å². The van der Waals surface area contributed by atoms with Crippen molar-refractivity contribution in [2.45, 2.75) is 39.8 Å². The van der Waals surface area contributed by atoms with Gasteiger partial charge in [-0.3, -0.25) is 4.98 Å². The summed E-state index contributed by atoms with van der Waals surface area (Å²) < 4.78 is 2.24. The second kappa shape index (κ2) is 7.06. The lowest BCUT2D eigenvalue weighted by molar-refractivity contribution is 0.564. The molecule has 0 bridgehead atoms. The second-order valence-corrected chi connectivity index (χ2v) is 8.04. The standard InChI is InChI=1S/C23H26N4S/c1-14-9-10-18(12-15(14)2)27-22(19-13-16(3)26(5)17(19)4)21(25-23(27)28)20-8-6-7-11-24-20/h6-13,21-22H,1-5H3,(H,25,28)/t21-,22+/m0/s1. The van der Waals surface area contributed by atoms with Crippen LogP contribution in [0.4, 0.5) is 5.69 Å². The Morgan fingerprint density at radius 2 is 1.79 bits per heavy atom. The molecule has 1 fully saturated rings. The maximum absolute atomic E-state index is 5.82. The van der Waals surface area contributed by atoms with E-state index in [1.54, 1.807) is 0 Å². The summed E-state index contributed by atoms with van der Waals surface area (Å²) in [6.45, 7) is 8.61. The molecule has 3 aromatic rings. The zero-order valence-electron chi connectivity index (χ0n) is 17.0. The highest BCUT2D eigenvalue weighted by Gasteiger charge is 2.42. The molecule has 28 heavy (non-hydrogen) atoms. The molecule has 0 unspecified atom stereocenters. The summed E-state index contributed by atoms with van der Waals surface area (Å²) >= 11 is 5.82. The number of thiocarbonyl (C=S) groups is 1. The lowest BCUT2D eigenvalue weighted by Gasteiger charge is -2.28. The van der Waals surface area contributed by atoms with Crippen molar-refractivity contribution < 1.29 is 0 Å². The molecule has 1 N–H and O–H groups in total. The smallest absolute Gasteiger partial charge is 0.174 e. The number of nitrogens with one attached hydrogen (secondary N) is 1. The van der Waals surface area contributed by atoms with E-state index in [2.05, 4.69) is 84.8 Å². The third-order valence-electron chi connectivity index (χ3n) is 6.00. The largest absolute Gasteiger partial charge is 0.352 e. The van der Waals surface area contributed by atoms with Gasteiger partial charge in [0.25, 0.3) is 0 Å². The van der Waals surface area contributed by atoms with Crippen LogP contribution in [0, 0.1) is 27.7 Å². The molecular weight excluding hydrogens is 364 g/mol. The minimum Gasteiger partial charge on any atom is -0.352 e. The number of aromatic nitrogens is 2. The third-order valence-corrected chi connectivity index (χ3v) is 6.31. The van der Waals surface area contributed by atoms with Crippen molar-refractivity contribution in [2.24, 2.45) is 7.05 Å². The van der Waals surface area contributed by atoms with E-state index >= 15 is 0 Å². The third kappa shape index (κ3) is 3.00. The van der Waals surface area contributed by atoms with E-state index in [1.165, 1.54) is 28.1 Å². The first-order valence-corrected chi connectivity index (χ1v) is 10.00. The van der Waals surface area contributed by atoms with Crippen LogP contribution in [0.25, 0.3) is 0 Å². The van der Waals surface area contributed by atoms with Crippen LogP contribution in [-0.4, -0.2) is 14.7 Å². The molecule has 1 aliphatic heterocycles. The molecule has 144 valence electrons. The SMILES string of the molecule is Cc1ccc(N2C(=S)N[C@@H](c3ccccn3)[C@H]2c2cc(C)n(C)c2C)cc1C. The fourth-order valence-electron chi connectivity index (χ4n) is 4.01. The van der Waals surface area contributed by atoms with Crippen molar-refractivity contribution in [2.75, 3.05) is 4.90 Å². The highest BCUT2D eigenvalue weighted by atomic mass is 32.1. The van der Waals surface area contributed by atoms with E-state index in [9.17, 15) is 0 Å². The van der Waals surface area contributed by atoms with Crippen LogP contribution in [0.15, 0.2) is 48.7 Å². The number of nitrogens with zero attached hydrogens (tertiary/aromatic N) is 3. The van der Waals surface area contributed by atoms with Crippen molar-refractivity contribution in [3.8, 4) is 0 Å². The Labute approximate surface area is 172 Å². The van der Waals surface area contributed by atoms with Crippen LogP contribution >= 0.6 is 12.2 Å². The Hall–Kier alpha value is -2.66. The molecule has 0 spiro atoms. The van der Waals surface area contributed by atoms with Gasteiger partial charge in [0.15, 0.2) is 5.11 Å². The second-order valence-electron chi connectivity index (χ2n) is 7.65. The Morgan fingerprint density at radius 1 is 1.00 bits per heavy atom. The Bertz CT molecular complexity index is 1040. The monoisotopic (exact) mass is 390 g/mol. The molecule has 0 saturated carbocycles. The van der Waals surface area contributed by atoms with Gasteiger partial charge < -0.3 is 14.8 Å². The number of hydrogen-bond donors (Lipinski definition) is 1. The van der Waals surface area contributed by atoms with E-state index in [1.807, 2.05) is 18.3 Å². The lowest BCUT2D eigenvalue weighted by atomic mass is 9.96. The maximum atomic E-state index is 5.82. The van der Waals surface area contributed by atoms with Crippen molar-refractivity contribution >= 4 is 23.0 Å². The van der Waals surface area contributed by atoms with Crippen LogP contribution in [0.5, 0.6) is 0 Å². The molecule has 4 nitrogen and oxygen atoms in total. The number of hydrogen-bond acceptors (Lipinski definition) is 2. The fourth-order valence-corrected chi connectivity index (χ4v) is 4.35. The van der Waals surface area contributed by atoms with Crippen LogP contribution in [0.3, 0.4) is 0 Å². The fraction of sp³-hybridized carbons (Fsp3) is 0.304. The van der Waals surface area contributed by atoms with Crippen LogP contribution in [0.2, 0.25) is 0 Å². The molecule has 5 heteroatoms. The highest BCUT2D eigenvalue weighted by Crippen LogP contribution is 2.43. The minimum absolute atomic E-state index is 0.00388. The van der Waals surface area contributed by atoms with Gasteiger partial charge in [0.05, 0.1) is 17.8 Å². The van der Waals surface area contributed by atoms with Crippen LogP contribution in [-0.2, 0) is 7.05 Å². The van der Waals surface area contributed by atoms with Crippen molar-refractivity contribution in [3.05, 3.63) is 82.4 Å². The first-order chi connectivity index (χ1) is 13.4. The maximum Gasteiger partial charge on any atom is 0.174 e. The number of rotatable bonds is 3. The molecule has 2 atom stereocenters. The molecule has 0 aliphatic carbocycles. The zero-order chi connectivity index (χ0) is 20.0. The summed E-state index contributed by atoms with van der Waals surface area (Å²) in [5.41, 5.74) is 8.44. The van der Waals surface area contributed by atoms with Crippen LogP contribution in [0.1, 0.15) is 45.9 Å². The molecular formula is C23H26N4S. The average Bonchev–Trinajstić information content (AvgIpc) is 3.16. The predicted molar refractivity (Wildman–Crippen MR) is 119 cm³/mol. The van der Waals surface area contributed by atoms with E-state index in [-0.39, 0.29) is 12.1 Å². The van der Waals surface area contributed by atoms with Gasteiger partial charge in [-0.15, -0.1) is 0 Å². The van der Waals surface area contributed by atoms with E-state index in [0.717, 1.165) is 16.5 Å². The number of aryl methyl sites for hydroxylation is 3. The molecule has 2 aromatic heterocycles. The summed E-state index contributed by atoms with van der Waals surface area (Å²) in [5, 5.41) is 4.28. The number of benzene rings is 1. The molecule has 3 heterocycles. The molecule has 1 aliphatic rings. The molecule has 0 radical (unpaired) electrons. The van der Waals surface area contributed by atoms with Crippen molar-refractivity contribution in [1.29, 1.82) is 0 Å². The predicted octanol–water partition coefficient (Wildman–Crippen LogP) is 4.83. The summed E-state index contributed by atoms with van der Waals surface area (Å²) in [6, 6.07) is 14.9. The van der Waals surface area contributed by atoms with Crippen LogP contribution < -0.4 is 10.2 Å². The summed E-state index contributed by atoms with van der Waals surface area (Å²) in [7, 11) is 2.12. The summed E-state index contributed by atoms with van der Waals surface area (Å²) in [5.74, 6) is 0.